The molecule has 0 spiro atoms. The quantitative estimate of drug-likeness (QED) is 0.0268. The van der Waals surface area contributed by atoms with Crippen LogP contribution in [-0.2, 0) is 27.9 Å². The molecule has 2 atom stereocenters. The van der Waals surface area contributed by atoms with Gasteiger partial charge in [-0.25, -0.2) is 4.57 Å². The second kappa shape index (κ2) is 54.9. The van der Waals surface area contributed by atoms with E-state index in [1.54, 1.807) is 0 Å². The SMILES string of the molecule is CC/C=C\C/C=C\C/C=C\C/C=C\C/C=C\C/C=C\CCCCCCCOCC(COP(=O)(O)OCCN)OC(=O)CCCCCCCCCCCCCCCCCCCCCCCCCC. The molecule has 67 heavy (non-hydrogen) atoms. The van der Waals surface area contributed by atoms with Gasteiger partial charge < -0.3 is 20.1 Å². The zero-order valence-corrected chi connectivity index (χ0v) is 44.5. The van der Waals surface area contributed by atoms with E-state index in [1.807, 2.05) is 0 Å². The van der Waals surface area contributed by atoms with Crippen molar-refractivity contribution in [3.63, 3.8) is 0 Å². The summed E-state index contributed by atoms with van der Waals surface area (Å²) in [5, 5.41) is 0. The number of phosphoric acid groups is 1. The summed E-state index contributed by atoms with van der Waals surface area (Å²) in [6.07, 6.45) is 70.9. The van der Waals surface area contributed by atoms with Gasteiger partial charge in [-0.05, 0) is 64.2 Å². The zero-order valence-electron chi connectivity index (χ0n) is 43.6. The van der Waals surface area contributed by atoms with Gasteiger partial charge in [-0.15, -0.1) is 0 Å². The number of ether oxygens (including phenoxy) is 2. The van der Waals surface area contributed by atoms with Crippen LogP contribution in [0.4, 0.5) is 0 Å². The summed E-state index contributed by atoms with van der Waals surface area (Å²) in [7, 11) is -4.29. The number of hydrogen-bond donors (Lipinski definition) is 2. The van der Waals surface area contributed by atoms with Gasteiger partial charge in [0.15, 0.2) is 0 Å². The molecule has 0 amide bonds. The lowest BCUT2D eigenvalue weighted by molar-refractivity contribution is -0.154. The molecule has 9 heteroatoms. The van der Waals surface area contributed by atoms with Crippen molar-refractivity contribution in [3.05, 3.63) is 72.9 Å². The lowest BCUT2D eigenvalue weighted by Gasteiger charge is -2.20. The third-order valence-corrected chi connectivity index (χ3v) is 12.9. The van der Waals surface area contributed by atoms with E-state index >= 15 is 0 Å². The van der Waals surface area contributed by atoms with Gasteiger partial charge in [0.25, 0.3) is 0 Å². The number of hydrogen-bond acceptors (Lipinski definition) is 7. The number of carbonyl (C=O) groups excluding carboxylic acids is 1. The minimum absolute atomic E-state index is 0.0948. The summed E-state index contributed by atoms with van der Waals surface area (Å²) in [5.41, 5.74) is 5.40. The first-order valence-electron chi connectivity index (χ1n) is 27.9. The van der Waals surface area contributed by atoms with Gasteiger partial charge in [0.05, 0.1) is 19.8 Å². The fourth-order valence-electron chi connectivity index (χ4n) is 7.83. The average Bonchev–Trinajstić information content (AvgIpc) is 3.32. The highest BCUT2D eigenvalue weighted by molar-refractivity contribution is 7.47. The van der Waals surface area contributed by atoms with Crippen LogP contribution in [0.5, 0.6) is 0 Å². The van der Waals surface area contributed by atoms with Crippen molar-refractivity contribution in [3.8, 4) is 0 Å². The van der Waals surface area contributed by atoms with Gasteiger partial charge in [-0.1, -0.05) is 254 Å². The molecule has 0 saturated carbocycles. The summed E-state index contributed by atoms with van der Waals surface area (Å²) in [6, 6.07) is 0. The van der Waals surface area contributed by atoms with E-state index in [4.69, 9.17) is 24.3 Å². The Hall–Kier alpha value is -2.06. The van der Waals surface area contributed by atoms with Gasteiger partial charge in [-0.2, -0.15) is 0 Å². The fraction of sp³-hybridized carbons (Fsp3) is 0.776. The molecule has 2 unspecified atom stereocenters. The summed E-state index contributed by atoms with van der Waals surface area (Å²) in [4.78, 5) is 22.7. The van der Waals surface area contributed by atoms with Crippen molar-refractivity contribution in [1.29, 1.82) is 0 Å². The number of unbranched alkanes of at least 4 members (excludes halogenated alkanes) is 28. The Morgan fingerprint density at radius 2 is 0.836 bits per heavy atom. The number of allylic oxidation sites excluding steroid dienone is 12. The minimum Gasteiger partial charge on any atom is -0.457 e. The smallest absolute Gasteiger partial charge is 0.457 e. The Balaban J connectivity index is 3.94. The van der Waals surface area contributed by atoms with Crippen LogP contribution in [0.3, 0.4) is 0 Å². The van der Waals surface area contributed by atoms with Gasteiger partial charge in [0, 0.05) is 19.6 Å². The molecule has 0 radical (unpaired) electrons. The van der Waals surface area contributed by atoms with Crippen molar-refractivity contribution in [2.75, 3.05) is 33.0 Å². The van der Waals surface area contributed by atoms with Crippen LogP contribution in [0.2, 0.25) is 0 Å². The summed E-state index contributed by atoms with van der Waals surface area (Å²) in [5.74, 6) is -0.335. The molecule has 0 saturated heterocycles. The Morgan fingerprint density at radius 3 is 1.25 bits per heavy atom. The number of nitrogens with two attached hydrogens (primary N) is 1. The summed E-state index contributed by atoms with van der Waals surface area (Å²) in [6.45, 7) is 4.79. The van der Waals surface area contributed by atoms with Crippen LogP contribution < -0.4 is 5.73 Å². The van der Waals surface area contributed by atoms with E-state index in [2.05, 4.69) is 86.8 Å². The molecule has 0 aromatic rings. The van der Waals surface area contributed by atoms with E-state index in [-0.39, 0.29) is 32.3 Å². The zero-order chi connectivity index (χ0) is 48.7. The molecular formula is C58H106NO7P. The van der Waals surface area contributed by atoms with Gasteiger partial charge in [0.2, 0.25) is 0 Å². The third kappa shape index (κ3) is 54.7. The van der Waals surface area contributed by atoms with Crippen molar-refractivity contribution in [1.82, 2.24) is 0 Å². The van der Waals surface area contributed by atoms with E-state index in [0.29, 0.717) is 13.0 Å². The van der Waals surface area contributed by atoms with Crippen molar-refractivity contribution in [2.24, 2.45) is 5.73 Å². The van der Waals surface area contributed by atoms with Crippen LogP contribution in [0.25, 0.3) is 0 Å². The second-order valence-corrected chi connectivity index (χ2v) is 19.9. The number of rotatable bonds is 53. The molecule has 0 fully saturated rings. The monoisotopic (exact) mass is 960 g/mol. The highest BCUT2D eigenvalue weighted by Gasteiger charge is 2.25. The average molecular weight is 960 g/mol. The first-order chi connectivity index (χ1) is 32.9. The standard InChI is InChI=1S/C58H106NO7P/c1-3-5-7-9-11-13-15-17-19-21-23-25-27-29-31-33-35-37-39-41-43-45-47-49-51-58(60)66-57(56-65-67(61,62)64-54-52-59)55-63-53-50-48-46-44-42-40-38-36-34-32-30-28-26-24-22-20-18-16-14-12-10-8-6-4-2/h6,8,12,14,18,20,24,26,30,32,36,38,57H,3-5,7,9-11,13,15-17,19,21-23,25,27-29,31,33-35,37,39-56,59H2,1-2H3,(H,61,62)/b8-6-,14-12-,20-18-,26-24-,32-30-,38-36-. The van der Waals surface area contributed by atoms with E-state index in [0.717, 1.165) is 83.5 Å². The van der Waals surface area contributed by atoms with E-state index < -0.39 is 13.9 Å². The molecule has 0 aromatic carbocycles. The Labute approximate surface area is 414 Å². The third-order valence-electron chi connectivity index (χ3n) is 11.9. The lowest BCUT2D eigenvalue weighted by Crippen LogP contribution is -2.28. The largest absolute Gasteiger partial charge is 0.472 e. The highest BCUT2D eigenvalue weighted by atomic mass is 31.2. The molecule has 3 N–H and O–H groups in total. The minimum atomic E-state index is -4.29. The molecule has 0 aliphatic heterocycles. The number of carbonyl (C=O) groups is 1. The van der Waals surface area contributed by atoms with Crippen LogP contribution in [0, 0.1) is 0 Å². The molecule has 0 bridgehead atoms. The number of esters is 1. The van der Waals surface area contributed by atoms with Crippen molar-refractivity contribution >= 4 is 13.8 Å². The summed E-state index contributed by atoms with van der Waals surface area (Å²) < 4.78 is 33.6. The predicted octanol–water partition coefficient (Wildman–Crippen LogP) is 17.8. The van der Waals surface area contributed by atoms with Crippen LogP contribution >= 0.6 is 7.82 Å². The van der Waals surface area contributed by atoms with Crippen molar-refractivity contribution in [2.45, 2.75) is 258 Å². The summed E-state index contributed by atoms with van der Waals surface area (Å²) >= 11 is 0. The lowest BCUT2D eigenvalue weighted by atomic mass is 10.0. The van der Waals surface area contributed by atoms with Gasteiger partial charge >= 0.3 is 13.8 Å². The number of phosphoric ester groups is 1. The van der Waals surface area contributed by atoms with Gasteiger partial charge in [-0.3, -0.25) is 13.8 Å². The maximum absolute atomic E-state index is 12.7. The molecular weight excluding hydrogens is 854 g/mol. The Bertz CT molecular complexity index is 1260. The predicted molar refractivity (Wildman–Crippen MR) is 288 cm³/mol. The molecule has 0 heterocycles. The molecule has 390 valence electrons. The first-order valence-corrected chi connectivity index (χ1v) is 29.4. The van der Waals surface area contributed by atoms with E-state index in [9.17, 15) is 14.3 Å². The van der Waals surface area contributed by atoms with Gasteiger partial charge in [0.1, 0.15) is 6.10 Å². The highest BCUT2D eigenvalue weighted by Crippen LogP contribution is 2.43. The fourth-order valence-corrected chi connectivity index (χ4v) is 8.59. The molecule has 0 aliphatic carbocycles. The molecule has 0 aromatic heterocycles. The second-order valence-electron chi connectivity index (χ2n) is 18.4. The normalized spacial score (nSPS) is 13.8. The maximum Gasteiger partial charge on any atom is 0.472 e. The Kier molecular flexibility index (Phi) is 53.2. The first kappa shape index (κ1) is 64.9. The van der Waals surface area contributed by atoms with E-state index in [1.165, 1.54) is 148 Å². The molecule has 8 nitrogen and oxygen atoms in total. The maximum atomic E-state index is 12.7. The molecule has 0 aliphatic rings. The van der Waals surface area contributed by atoms with Crippen molar-refractivity contribution < 1.29 is 32.8 Å². The van der Waals surface area contributed by atoms with Crippen LogP contribution in [-0.4, -0.2) is 49.9 Å². The Morgan fingerprint density at radius 1 is 0.463 bits per heavy atom. The van der Waals surface area contributed by atoms with Crippen LogP contribution in [0.1, 0.15) is 251 Å². The topological polar surface area (TPSA) is 117 Å². The van der Waals surface area contributed by atoms with Crippen LogP contribution in [0.15, 0.2) is 72.9 Å². The molecule has 0 rings (SSSR count).